The van der Waals surface area contributed by atoms with E-state index in [1.165, 1.54) is 0 Å². The summed E-state index contributed by atoms with van der Waals surface area (Å²) in [4.78, 5) is 16.6. The molecule has 0 radical (unpaired) electrons. The quantitative estimate of drug-likeness (QED) is 0.852. The molecule has 1 N–H and O–H groups in total. The molecule has 0 aliphatic carbocycles. The molecule has 5 heteroatoms. The minimum absolute atomic E-state index is 0.00862. The highest BCUT2D eigenvalue weighted by molar-refractivity contribution is 5.77. The van der Waals surface area contributed by atoms with Gasteiger partial charge in [-0.3, -0.25) is 4.79 Å². The van der Waals surface area contributed by atoms with Crippen LogP contribution in [-0.4, -0.2) is 16.0 Å². The van der Waals surface area contributed by atoms with Gasteiger partial charge in [0.25, 0.3) is 0 Å². The van der Waals surface area contributed by atoms with Gasteiger partial charge in [0.15, 0.2) is 5.82 Å². The van der Waals surface area contributed by atoms with Gasteiger partial charge in [-0.2, -0.15) is 4.98 Å². The van der Waals surface area contributed by atoms with E-state index in [0.717, 1.165) is 18.4 Å². The van der Waals surface area contributed by atoms with Crippen LogP contribution >= 0.6 is 0 Å². The predicted octanol–water partition coefficient (Wildman–Crippen LogP) is 3.27. The number of aryl methyl sites for hydroxylation is 1. The Bertz CT molecular complexity index is 593. The van der Waals surface area contributed by atoms with Crippen LogP contribution in [0, 0.1) is 5.92 Å². The van der Waals surface area contributed by atoms with Crippen molar-refractivity contribution in [2.75, 3.05) is 0 Å². The molecule has 1 heterocycles. The highest BCUT2D eigenvalue weighted by Gasteiger charge is 2.22. The molecule has 0 unspecified atom stereocenters. The Labute approximate surface area is 131 Å². The summed E-state index contributed by atoms with van der Waals surface area (Å²) < 4.78 is 5.26. The van der Waals surface area contributed by atoms with Crippen LogP contribution in [0.4, 0.5) is 0 Å². The van der Waals surface area contributed by atoms with E-state index in [-0.39, 0.29) is 11.9 Å². The van der Waals surface area contributed by atoms with Crippen LogP contribution in [0.15, 0.2) is 34.9 Å². The second-order valence-corrected chi connectivity index (χ2v) is 5.81. The Morgan fingerprint density at radius 3 is 2.64 bits per heavy atom. The summed E-state index contributed by atoms with van der Waals surface area (Å²) >= 11 is 0. The molecular weight excluding hydrogens is 278 g/mol. The fourth-order valence-electron chi connectivity index (χ4n) is 2.23. The van der Waals surface area contributed by atoms with Crippen molar-refractivity contribution in [2.45, 2.75) is 46.1 Å². The zero-order valence-electron chi connectivity index (χ0n) is 13.4. The van der Waals surface area contributed by atoms with Gasteiger partial charge >= 0.3 is 0 Å². The normalized spacial score (nSPS) is 12.4. The van der Waals surface area contributed by atoms with Crippen molar-refractivity contribution in [3.05, 3.63) is 47.6 Å². The van der Waals surface area contributed by atoms with Gasteiger partial charge in [0, 0.05) is 12.8 Å². The highest BCUT2D eigenvalue weighted by Crippen LogP contribution is 2.20. The molecule has 0 bridgehead atoms. The standard InChI is InChI=1S/C17H23N3O2/c1-4-8-15-19-17(20-22-15)16(13-9-6-5-7-10-13)18-14(21)11-12(2)3/h5-7,9-10,12,16H,4,8,11H2,1-3H3,(H,18,21)/t16-/m0/s1. The molecule has 2 rings (SSSR count). The SMILES string of the molecule is CCCc1nc([C@@H](NC(=O)CC(C)C)c2ccccc2)no1. The van der Waals surface area contributed by atoms with Gasteiger partial charge in [-0.25, -0.2) is 0 Å². The fourth-order valence-corrected chi connectivity index (χ4v) is 2.23. The largest absolute Gasteiger partial charge is 0.342 e. The summed E-state index contributed by atoms with van der Waals surface area (Å²) in [5, 5.41) is 7.06. The monoisotopic (exact) mass is 301 g/mol. The van der Waals surface area contributed by atoms with E-state index in [2.05, 4.69) is 22.4 Å². The molecule has 2 aromatic rings. The molecule has 1 aromatic heterocycles. The zero-order chi connectivity index (χ0) is 15.9. The Morgan fingerprint density at radius 2 is 2.00 bits per heavy atom. The maximum Gasteiger partial charge on any atom is 0.226 e. The van der Waals surface area contributed by atoms with Crippen molar-refractivity contribution >= 4 is 5.91 Å². The summed E-state index contributed by atoms with van der Waals surface area (Å²) in [5.41, 5.74) is 0.948. The molecule has 0 saturated heterocycles. The lowest BCUT2D eigenvalue weighted by atomic mass is 10.0. The van der Waals surface area contributed by atoms with Crippen LogP contribution in [0.3, 0.4) is 0 Å². The highest BCUT2D eigenvalue weighted by atomic mass is 16.5. The number of carbonyl (C=O) groups excluding carboxylic acids is 1. The molecule has 0 spiro atoms. The average molecular weight is 301 g/mol. The average Bonchev–Trinajstić information content (AvgIpc) is 2.94. The molecular formula is C17H23N3O2. The Kier molecular flexibility index (Phi) is 5.69. The lowest BCUT2D eigenvalue weighted by molar-refractivity contribution is -0.122. The van der Waals surface area contributed by atoms with Gasteiger partial charge in [-0.05, 0) is 17.9 Å². The van der Waals surface area contributed by atoms with Crippen molar-refractivity contribution in [3.63, 3.8) is 0 Å². The Balaban J connectivity index is 2.23. The molecule has 1 atom stereocenters. The molecule has 1 aromatic carbocycles. The molecule has 0 aliphatic heterocycles. The minimum atomic E-state index is -0.373. The van der Waals surface area contributed by atoms with Crippen LogP contribution < -0.4 is 5.32 Å². The van der Waals surface area contributed by atoms with Crippen molar-refractivity contribution in [1.82, 2.24) is 15.5 Å². The maximum atomic E-state index is 12.1. The van der Waals surface area contributed by atoms with Gasteiger partial charge in [-0.15, -0.1) is 0 Å². The molecule has 118 valence electrons. The summed E-state index contributed by atoms with van der Waals surface area (Å²) in [7, 11) is 0. The second-order valence-electron chi connectivity index (χ2n) is 5.81. The zero-order valence-corrected chi connectivity index (χ0v) is 13.4. The van der Waals surface area contributed by atoms with Gasteiger partial charge in [0.2, 0.25) is 11.8 Å². The third kappa shape index (κ3) is 4.41. The number of nitrogens with one attached hydrogen (secondary N) is 1. The van der Waals surface area contributed by atoms with Crippen molar-refractivity contribution in [2.24, 2.45) is 5.92 Å². The van der Waals surface area contributed by atoms with E-state index >= 15 is 0 Å². The first kappa shape index (κ1) is 16.2. The third-order valence-electron chi connectivity index (χ3n) is 3.24. The number of hydrogen-bond acceptors (Lipinski definition) is 4. The summed E-state index contributed by atoms with van der Waals surface area (Å²) in [6.45, 7) is 6.10. The summed E-state index contributed by atoms with van der Waals surface area (Å²) in [6.07, 6.45) is 2.16. The van der Waals surface area contributed by atoms with E-state index in [1.807, 2.05) is 44.2 Å². The van der Waals surface area contributed by atoms with E-state index in [9.17, 15) is 4.79 Å². The van der Waals surface area contributed by atoms with E-state index in [0.29, 0.717) is 24.1 Å². The van der Waals surface area contributed by atoms with Crippen molar-refractivity contribution < 1.29 is 9.32 Å². The number of rotatable bonds is 7. The van der Waals surface area contributed by atoms with E-state index in [4.69, 9.17) is 4.52 Å². The van der Waals surface area contributed by atoms with Crippen LogP contribution in [0.2, 0.25) is 0 Å². The number of amides is 1. The third-order valence-corrected chi connectivity index (χ3v) is 3.24. The van der Waals surface area contributed by atoms with Gasteiger partial charge in [-0.1, -0.05) is 56.3 Å². The van der Waals surface area contributed by atoms with Crippen LogP contribution in [-0.2, 0) is 11.2 Å². The Hall–Kier alpha value is -2.17. The smallest absolute Gasteiger partial charge is 0.226 e. The number of aromatic nitrogens is 2. The first-order valence-corrected chi connectivity index (χ1v) is 7.77. The lowest BCUT2D eigenvalue weighted by Crippen LogP contribution is -2.30. The number of carbonyl (C=O) groups is 1. The second kappa shape index (κ2) is 7.73. The maximum absolute atomic E-state index is 12.1. The summed E-state index contributed by atoms with van der Waals surface area (Å²) in [5.74, 6) is 1.41. The lowest BCUT2D eigenvalue weighted by Gasteiger charge is -2.16. The Morgan fingerprint density at radius 1 is 1.27 bits per heavy atom. The fraction of sp³-hybridized carbons (Fsp3) is 0.471. The molecule has 0 aliphatic rings. The number of hydrogen-bond donors (Lipinski definition) is 1. The molecule has 1 amide bonds. The van der Waals surface area contributed by atoms with Crippen LogP contribution in [0.5, 0.6) is 0 Å². The first-order valence-electron chi connectivity index (χ1n) is 7.77. The van der Waals surface area contributed by atoms with Crippen molar-refractivity contribution in [1.29, 1.82) is 0 Å². The minimum Gasteiger partial charge on any atom is -0.342 e. The van der Waals surface area contributed by atoms with Crippen LogP contribution in [0.1, 0.15) is 56.9 Å². The predicted molar refractivity (Wildman–Crippen MR) is 84.2 cm³/mol. The molecule has 0 saturated carbocycles. The summed E-state index contributed by atoms with van der Waals surface area (Å²) in [6, 6.07) is 9.34. The van der Waals surface area contributed by atoms with E-state index < -0.39 is 0 Å². The molecule has 0 fully saturated rings. The first-order chi connectivity index (χ1) is 10.6. The van der Waals surface area contributed by atoms with E-state index in [1.54, 1.807) is 0 Å². The van der Waals surface area contributed by atoms with Crippen molar-refractivity contribution in [3.8, 4) is 0 Å². The number of benzene rings is 1. The van der Waals surface area contributed by atoms with Gasteiger partial charge in [0.1, 0.15) is 6.04 Å². The topological polar surface area (TPSA) is 68.0 Å². The molecule has 22 heavy (non-hydrogen) atoms. The van der Waals surface area contributed by atoms with Gasteiger partial charge < -0.3 is 9.84 Å². The molecule has 5 nitrogen and oxygen atoms in total. The van der Waals surface area contributed by atoms with Crippen LogP contribution in [0.25, 0.3) is 0 Å². The van der Waals surface area contributed by atoms with Gasteiger partial charge in [0.05, 0.1) is 0 Å². The number of nitrogens with zero attached hydrogens (tertiary/aromatic N) is 2.